The lowest BCUT2D eigenvalue weighted by Gasteiger charge is -2.34. The van der Waals surface area contributed by atoms with Crippen LogP contribution in [0.3, 0.4) is 0 Å². The van der Waals surface area contributed by atoms with Gasteiger partial charge in [0.2, 0.25) is 0 Å². The molecular formula is C19H23ClN2O2. The number of nitrogens with one attached hydrogen (secondary N) is 1. The van der Waals surface area contributed by atoms with Crippen LogP contribution >= 0.6 is 12.4 Å². The van der Waals surface area contributed by atoms with Crippen molar-refractivity contribution in [2.24, 2.45) is 0 Å². The fraction of sp³-hybridized carbons (Fsp3) is 0.316. The van der Waals surface area contributed by atoms with Crippen molar-refractivity contribution in [1.82, 2.24) is 10.2 Å². The van der Waals surface area contributed by atoms with Gasteiger partial charge in [-0.3, -0.25) is 4.79 Å². The third-order valence-electron chi connectivity index (χ3n) is 4.11. The first-order chi connectivity index (χ1) is 11.2. The van der Waals surface area contributed by atoms with Crippen molar-refractivity contribution in [2.75, 3.05) is 19.6 Å². The van der Waals surface area contributed by atoms with Gasteiger partial charge in [-0.05, 0) is 36.8 Å². The van der Waals surface area contributed by atoms with Crippen molar-refractivity contribution in [3.8, 4) is 5.75 Å². The zero-order chi connectivity index (χ0) is 16.1. The van der Waals surface area contributed by atoms with E-state index in [1.807, 2.05) is 59.5 Å². The normalized spacial score (nSPS) is 17.0. The maximum absolute atomic E-state index is 12.6. The number of hydrogen-bond donors (Lipinski definition) is 1. The highest BCUT2D eigenvalue weighted by atomic mass is 35.5. The molecule has 1 amide bonds. The topological polar surface area (TPSA) is 41.6 Å². The smallest absolute Gasteiger partial charge is 0.254 e. The van der Waals surface area contributed by atoms with Crippen LogP contribution in [0.4, 0.5) is 0 Å². The molecule has 2 aromatic rings. The van der Waals surface area contributed by atoms with Gasteiger partial charge in [-0.25, -0.2) is 0 Å². The Balaban J connectivity index is 0.00000208. The monoisotopic (exact) mass is 346 g/mol. The van der Waals surface area contributed by atoms with Crippen LogP contribution < -0.4 is 10.1 Å². The van der Waals surface area contributed by atoms with Gasteiger partial charge in [-0.2, -0.15) is 0 Å². The van der Waals surface area contributed by atoms with Crippen molar-refractivity contribution in [2.45, 2.75) is 19.6 Å². The Hall–Kier alpha value is -2.04. The van der Waals surface area contributed by atoms with Crippen LogP contribution in [0, 0.1) is 0 Å². The molecule has 0 bridgehead atoms. The zero-order valence-corrected chi connectivity index (χ0v) is 14.6. The summed E-state index contributed by atoms with van der Waals surface area (Å²) in [7, 11) is 0. The minimum absolute atomic E-state index is 0. The number of carbonyl (C=O) groups excluding carboxylic acids is 1. The average molecular weight is 347 g/mol. The molecule has 1 fully saturated rings. The van der Waals surface area contributed by atoms with E-state index in [2.05, 4.69) is 12.2 Å². The molecule has 1 N–H and O–H groups in total. The van der Waals surface area contributed by atoms with Crippen LogP contribution in [0.2, 0.25) is 0 Å². The molecule has 1 heterocycles. The fourth-order valence-electron chi connectivity index (χ4n) is 2.74. The van der Waals surface area contributed by atoms with Gasteiger partial charge in [0.15, 0.2) is 0 Å². The SMILES string of the molecule is C[C@@H]1CNCCN1C(=O)c1ccc(OCc2ccccc2)cc1.Cl. The lowest BCUT2D eigenvalue weighted by Crippen LogP contribution is -2.52. The summed E-state index contributed by atoms with van der Waals surface area (Å²) in [4.78, 5) is 14.5. The van der Waals surface area contributed by atoms with Gasteiger partial charge in [-0.15, -0.1) is 12.4 Å². The molecule has 0 aliphatic carbocycles. The standard InChI is InChI=1S/C19H22N2O2.ClH/c1-15-13-20-11-12-21(15)19(22)17-7-9-18(10-8-17)23-14-16-5-3-2-4-6-16;/h2-10,15,20H,11-14H2,1H3;1H/t15-;/m1./s1. The number of piperazine rings is 1. The number of hydrogen-bond acceptors (Lipinski definition) is 3. The highest BCUT2D eigenvalue weighted by Gasteiger charge is 2.23. The van der Waals surface area contributed by atoms with Crippen LogP contribution in [0.15, 0.2) is 54.6 Å². The molecule has 2 aromatic carbocycles. The van der Waals surface area contributed by atoms with Gasteiger partial charge in [0.05, 0.1) is 0 Å². The second-order valence-electron chi connectivity index (χ2n) is 5.85. The van der Waals surface area contributed by atoms with E-state index >= 15 is 0 Å². The molecule has 128 valence electrons. The number of carbonyl (C=O) groups is 1. The number of nitrogens with zero attached hydrogens (tertiary/aromatic N) is 1. The third-order valence-corrected chi connectivity index (χ3v) is 4.11. The van der Waals surface area contributed by atoms with Gasteiger partial charge in [0, 0.05) is 31.2 Å². The average Bonchev–Trinajstić information content (AvgIpc) is 2.61. The van der Waals surface area contributed by atoms with E-state index in [0.717, 1.165) is 30.9 Å². The number of benzene rings is 2. The molecule has 3 rings (SSSR count). The first kappa shape index (κ1) is 18.3. The van der Waals surface area contributed by atoms with Crippen LogP contribution in [-0.2, 0) is 6.61 Å². The Bertz CT molecular complexity index is 646. The quantitative estimate of drug-likeness (QED) is 0.924. The van der Waals surface area contributed by atoms with Gasteiger partial charge < -0.3 is 15.0 Å². The molecule has 5 heteroatoms. The molecule has 1 saturated heterocycles. The first-order valence-corrected chi connectivity index (χ1v) is 8.02. The number of amides is 1. The number of halogens is 1. The highest BCUT2D eigenvalue weighted by molar-refractivity contribution is 5.94. The minimum atomic E-state index is 0. The second kappa shape index (κ2) is 8.71. The van der Waals surface area contributed by atoms with Crippen molar-refractivity contribution < 1.29 is 9.53 Å². The molecule has 1 aliphatic rings. The Labute approximate surface area is 149 Å². The van der Waals surface area contributed by atoms with Crippen molar-refractivity contribution in [3.05, 3.63) is 65.7 Å². The summed E-state index contributed by atoms with van der Waals surface area (Å²) in [5.41, 5.74) is 1.84. The summed E-state index contributed by atoms with van der Waals surface area (Å²) in [6.45, 7) is 5.06. The van der Waals surface area contributed by atoms with E-state index in [1.165, 1.54) is 0 Å². The van der Waals surface area contributed by atoms with E-state index in [1.54, 1.807) is 0 Å². The molecule has 0 spiro atoms. The van der Waals surface area contributed by atoms with E-state index in [0.29, 0.717) is 12.2 Å². The summed E-state index contributed by atoms with van der Waals surface area (Å²) in [5, 5.41) is 3.30. The number of rotatable bonds is 4. The summed E-state index contributed by atoms with van der Waals surface area (Å²) in [6.07, 6.45) is 0. The van der Waals surface area contributed by atoms with E-state index in [9.17, 15) is 4.79 Å². The molecule has 1 atom stereocenters. The van der Waals surface area contributed by atoms with Gasteiger partial charge >= 0.3 is 0 Å². The summed E-state index contributed by atoms with van der Waals surface area (Å²) < 4.78 is 5.76. The van der Waals surface area contributed by atoms with Gasteiger partial charge in [-0.1, -0.05) is 30.3 Å². The van der Waals surface area contributed by atoms with Crippen LogP contribution in [0.25, 0.3) is 0 Å². The fourth-order valence-corrected chi connectivity index (χ4v) is 2.74. The Kier molecular flexibility index (Phi) is 6.64. The molecule has 4 nitrogen and oxygen atoms in total. The van der Waals surface area contributed by atoms with Crippen LogP contribution in [0.5, 0.6) is 5.75 Å². The third kappa shape index (κ3) is 4.49. The van der Waals surface area contributed by atoms with Crippen LogP contribution in [0.1, 0.15) is 22.8 Å². The zero-order valence-electron chi connectivity index (χ0n) is 13.8. The number of ether oxygens (including phenoxy) is 1. The molecule has 0 saturated carbocycles. The van der Waals surface area contributed by atoms with Crippen molar-refractivity contribution >= 4 is 18.3 Å². The Morgan fingerprint density at radius 2 is 1.88 bits per heavy atom. The predicted octanol–water partition coefficient (Wildman–Crippen LogP) is 3.12. The molecule has 0 aromatic heterocycles. The lowest BCUT2D eigenvalue weighted by molar-refractivity contribution is 0.0655. The lowest BCUT2D eigenvalue weighted by atomic mass is 10.1. The molecule has 0 unspecified atom stereocenters. The van der Waals surface area contributed by atoms with Gasteiger partial charge in [0.1, 0.15) is 12.4 Å². The van der Waals surface area contributed by atoms with E-state index in [-0.39, 0.29) is 24.4 Å². The van der Waals surface area contributed by atoms with Crippen LogP contribution in [-0.4, -0.2) is 36.5 Å². The maximum Gasteiger partial charge on any atom is 0.254 e. The summed E-state index contributed by atoms with van der Waals surface area (Å²) >= 11 is 0. The molecule has 0 radical (unpaired) electrons. The second-order valence-corrected chi connectivity index (χ2v) is 5.85. The van der Waals surface area contributed by atoms with E-state index in [4.69, 9.17) is 4.74 Å². The van der Waals surface area contributed by atoms with Gasteiger partial charge in [0.25, 0.3) is 5.91 Å². The first-order valence-electron chi connectivity index (χ1n) is 8.02. The molecule has 1 aliphatic heterocycles. The largest absolute Gasteiger partial charge is 0.489 e. The Morgan fingerprint density at radius 3 is 2.54 bits per heavy atom. The summed E-state index contributed by atoms with van der Waals surface area (Å²) in [6, 6.07) is 17.7. The minimum Gasteiger partial charge on any atom is -0.489 e. The highest BCUT2D eigenvalue weighted by Crippen LogP contribution is 2.17. The van der Waals surface area contributed by atoms with E-state index < -0.39 is 0 Å². The van der Waals surface area contributed by atoms with Crippen molar-refractivity contribution in [1.29, 1.82) is 0 Å². The Morgan fingerprint density at radius 1 is 1.17 bits per heavy atom. The van der Waals surface area contributed by atoms with Crippen molar-refractivity contribution in [3.63, 3.8) is 0 Å². The summed E-state index contributed by atoms with van der Waals surface area (Å²) in [5.74, 6) is 0.868. The molecular weight excluding hydrogens is 324 g/mol. The molecule has 24 heavy (non-hydrogen) atoms. The maximum atomic E-state index is 12.6. The predicted molar refractivity (Wildman–Crippen MR) is 97.8 cm³/mol.